The average molecular weight is 349 g/mol. The van der Waals surface area contributed by atoms with Crippen molar-refractivity contribution in [3.05, 3.63) is 88.0 Å². The van der Waals surface area contributed by atoms with Crippen LogP contribution < -0.4 is 0 Å². The molecule has 0 saturated heterocycles. The molecule has 2 nitrogen and oxygen atoms in total. The Labute approximate surface area is 148 Å². The predicted octanol–water partition coefficient (Wildman–Crippen LogP) is 5.70. The Bertz CT molecular complexity index is 1100. The average Bonchev–Trinajstić information content (AvgIpc) is 3.21. The van der Waals surface area contributed by atoms with E-state index < -0.39 is 0 Å². The molecule has 0 unspecified atom stereocenters. The van der Waals surface area contributed by atoms with Crippen LogP contribution in [-0.4, -0.2) is 10.3 Å². The molecule has 3 heterocycles. The number of aliphatic imine (C=N–C) groups is 1. The first-order chi connectivity index (χ1) is 11.8. The van der Waals surface area contributed by atoms with Gasteiger partial charge in [0.25, 0.3) is 0 Å². The molecule has 1 aliphatic heterocycles. The van der Waals surface area contributed by atoms with Crippen molar-refractivity contribution in [3.63, 3.8) is 0 Å². The predicted molar refractivity (Wildman–Crippen MR) is 102 cm³/mol. The van der Waals surface area contributed by atoms with Gasteiger partial charge in [-0.15, -0.1) is 11.3 Å². The molecule has 0 fully saturated rings. The van der Waals surface area contributed by atoms with Gasteiger partial charge in [0.05, 0.1) is 28.7 Å². The maximum Gasteiger partial charge on any atom is 0.0891 e. The van der Waals surface area contributed by atoms with E-state index in [9.17, 15) is 0 Å². The quantitative estimate of drug-likeness (QED) is 0.420. The summed E-state index contributed by atoms with van der Waals surface area (Å²) in [5.74, 6) is 0. The summed E-state index contributed by atoms with van der Waals surface area (Å²) in [5, 5.41) is 4.15. The lowest BCUT2D eigenvalue weighted by Gasteiger charge is -2.12. The Balaban J connectivity index is 1.75. The van der Waals surface area contributed by atoms with E-state index in [2.05, 4.69) is 52.5 Å². The van der Waals surface area contributed by atoms with E-state index in [0.29, 0.717) is 6.54 Å². The van der Waals surface area contributed by atoms with Gasteiger partial charge in [0.1, 0.15) is 0 Å². The number of hydrogen-bond donors (Lipinski definition) is 0. The molecule has 0 aliphatic carbocycles. The molecule has 24 heavy (non-hydrogen) atoms. The Morgan fingerprint density at radius 3 is 2.96 bits per heavy atom. The zero-order chi connectivity index (χ0) is 16.1. The minimum Gasteiger partial charge on any atom is -0.313 e. The SMILES string of the molecule is Clc1cccc2c1-n1cccc1C(c1ccc3sccc3c1)=NC2. The van der Waals surface area contributed by atoms with Crippen molar-refractivity contribution in [3.8, 4) is 5.69 Å². The normalized spacial score (nSPS) is 13.3. The van der Waals surface area contributed by atoms with Gasteiger partial charge in [-0.2, -0.15) is 0 Å². The number of nitrogens with zero attached hydrogens (tertiary/aromatic N) is 2. The van der Waals surface area contributed by atoms with Gasteiger partial charge < -0.3 is 4.57 Å². The first-order valence-electron chi connectivity index (χ1n) is 7.79. The van der Waals surface area contributed by atoms with E-state index in [1.807, 2.05) is 18.2 Å². The molecule has 0 atom stereocenters. The number of thiophene rings is 1. The monoisotopic (exact) mass is 348 g/mol. The molecule has 0 saturated carbocycles. The summed E-state index contributed by atoms with van der Waals surface area (Å²) in [4.78, 5) is 4.92. The van der Waals surface area contributed by atoms with Gasteiger partial charge in [-0.25, -0.2) is 0 Å². The summed E-state index contributed by atoms with van der Waals surface area (Å²) in [6.45, 7) is 0.634. The van der Waals surface area contributed by atoms with Gasteiger partial charge in [0.15, 0.2) is 0 Å². The van der Waals surface area contributed by atoms with Crippen molar-refractivity contribution in [2.45, 2.75) is 6.54 Å². The highest BCUT2D eigenvalue weighted by atomic mass is 35.5. The minimum absolute atomic E-state index is 0.634. The van der Waals surface area contributed by atoms with Crippen LogP contribution in [0.15, 0.2) is 71.2 Å². The van der Waals surface area contributed by atoms with Crippen LogP contribution in [0.5, 0.6) is 0 Å². The fraction of sp³-hybridized carbons (Fsp3) is 0.0500. The number of benzene rings is 2. The van der Waals surface area contributed by atoms with Gasteiger partial charge in [-0.1, -0.05) is 29.8 Å². The zero-order valence-electron chi connectivity index (χ0n) is 12.7. The van der Waals surface area contributed by atoms with E-state index in [1.165, 1.54) is 10.1 Å². The van der Waals surface area contributed by atoms with Crippen LogP contribution >= 0.6 is 22.9 Å². The molecule has 0 N–H and O–H groups in total. The van der Waals surface area contributed by atoms with Crippen molar-refractivity contribution in [1.82, 2.24) is 4.57 Å². The molecular formula is C20H13ClN2S. The number of rotatable bonds is 1. The van der Waals surface area contributed by atoms with Gasteiger partial charge in [0.2, 0.25) is 0 Å². The second kappa shape index (κ2) is 5.33. The summed E-state index contributed by atoms with van der Waals surface area (Å²) in [6.07, 6.45) is 2.06. The summed E-state index contributed by atoms with van der Waals surface area (Å²) < 4.78 is 3.45. The van der Waals surface area contributed by atoms with Crippen molar-refractivity contribution in [2.24, 2.45) is 4.99 Å². The van der Waals surface area contributed by atoms with E-state index >= 15 is 0 Å². The Morgan fingerprint density at radius 1 is 1.04 bits per heavy atom. The first-order valence-corrected chi connectivity index (χ1v) is 9.04. The van der Waals surface area contributed by atoms with E-state index in [4.69, 9.17) is 16.6 Å². The highest BCUT2D eigenvalue weighted by molar-refractivity contribution is 7.17. The number of fused-ring (bicyclic) bond motifs is 4. The van der Waals surface area contributed by atoms with Crippen molar-refractivity contribution in [2.75, 3.05) is 0 Å². The van der Waals surface area contributed by atoms with E-state index in [0.717, 1.165) is 33.2 Å². The Kier molecular flexibility index (Phi) is 3.12. The smallest absolute Gasteiger partial charge is 0.0891 e. The molecule has 5 rings (SSSR count). The standard InChI is InChI=1S/C20H13ClN2S/c21-16-4-1-3-15-12-22-19(17-5-2-9-23(17)20(15)16)14-6-7-18-13(11-14)8-10-24-18/h1-11H,12H2. The molecule has 0 spiro atoms. The summed E-state index contributed by atoms with van der Waals surface area (Å²) in [5.41, 5.74) is 5.42. The van der Waals surface area contributed by atoms with Gasteiger partial charge >= 0.3 is 0 Å². The van der Waals surface area contributed by atoms with Crippen LogP contribution in [0.1, 0.15) is 16.8 Å². The van der Waals surface area contributed by atoms with E-state index in [-0.39, 0.29) is 0 Å². The van der Waals surface area contributed by atoms with Crippen LogP contribution in [0.3, 0.4) is 0 Å². The third-order valence-electron chi connectivity index (χ3n) is 4.44. The van der Waals surface area contributed by atoms with Crippen LogP contribution in [0.4, 0.5) is 0 Å². The van der Waals surface area contributed by atoms with Gasteiger partial charge in [-0.05, 0) is 52.7 Å². The van der Waals surface area contributed by atoms with Crippen LogP contribution in [-0.2, 0) is 6.54 Å². The molecule has 0 amide bonds. The molecule has 0 bridgehead atoms. The molecule has 0 radical (unpaired) electrons. The lowest BCUT2D eigenvalue weighted by Crippen LogP contribution is -2.08. The fourth-order valence-electron chi connectivity index (χ4n) is 3.32. The zero-order valence-corrected chi connectivity index (χ0v) is 14.3. The molecule has 116 valence electrons. The summed E-state index contributed by atoms with van der Waals surface area (Å²) >= 11 is 8.25. The minimum atomic E-state index is 0.634. The van der Waals surface area contributed by atoms with Crippen LogP contribution in [0.25, 0.3) is 15.8 Å². The van der Waals surface area contributed by atoms with E-state index in [1.54, 1.807) is 11.3 Å². The van der Waals surface area contributed by atoms with Crippen molar-refractivity contribution < 1.29 is 0 Å². The van der Waals surface area contributed by atoms with Crippen LogP contribution in [0, 0.1) is 0 Å². The number of para-hydroxylation sites is 1. The van der Waals surface area contributed by atoms with Crippen LogP contribution in [0.2, 0.25) is 5.02 Å². The Hall–Kier alpha value is -2.36. The summed E-state index contributed by atoms with van der Waals surface area (Å²) in [6, 6.07) is 18.9. The van der Waals surface area contributed by atoms with Crippen molar-refractivity contribution >= 4 is 38.7 Å². The van der Waals surface area contributed by atoms with Gasteiger partial charge in [0, 0.05) is 16.5 Å². The highest BCUT2D eigenvalue weighted by Gasteiger charge is 2.20. The van der Waals surface area contributed by atoms with Crippen molar-refractivity contribution in [1.29, 1.82) is 0 Å². The number of halogens is 1. The largest absolute Gasteiger partial charge is 0.313 e. The third-order valence-corrected chi connectivity index (χ3v) is 5.64. The molecular weight excluding hydrogens is 336 g/mol. The molecule has 1 aliphatic rings. The highest BCUT2D eigenvalue weighted by Crippen LogP contribution is 2.31. The lowest BCUT2D eigenvalue weighted by molar-refractivity contribution is 1.02. The molecule has 2 aromatic carbocycles. The molecule has 4 aromatic rings. The summed E-state index contributed by atoms with van der Waals surface area (Å²) in [7, 11) is 0. The second-order valence-electron chi connectivity index (χ2n) is 5.85. The molecule has 2 aromatic heterocycles. The maximum atomic E-state index is 6.49. The molecule has 4 heteroatoms. The van der Waals surface area contributed by atoms with Gasteiger partial charge in [-0.3, -0.25) is 4.99 Å². The Morgan fingerprint density at radius 2 is 2.00 bits per heavy atom. The maximum absolute atomic E-state index is 6.49. The first kappa shape index (κ1) is 14.0. The lowest BCUT2D eigenvalue weighted by atomic mass is 10.1. The number of aromatic nitrogens is 1. The second-order valence-corrected chi connectivity index (χ2v) is 7.20. The number of hydrogen-bond acceptors (Lipinski definition) is 2. The third kappa shape index (κ3) is 2.05. The topological polar surface area (TPSA) is 17.3 Å². The fourth-order valence-corrected chi connectivity index (χ4v) is 4.38.